The fraction of sp³-hybridized carbons (Fsp3) is 0.750. The van der Waals surface area contributed by atoms with E-state index < -0.39 is 42.4 Å². The Morgan fingerprint density at radius 2 is 1.05 bits per heavy atom. The van der Waals surface area contributed by atoms with Gasteiger partial charge in [-0.15, -0.1) is 0 Å². The maximum atomic E-state index is 12.7. The Bertz CT molecular complexity index is 343. The van der Waals surface area contributed by atoms with Gasteiger partial charge in [0.1, 0.15) is 0 Å². The van der Waals surface area contributed by atoms with E-state index in [1.165, 1.54) is 0 Å². The summed E-state index contributed by atoms with van der Waals surface area (Å²) in [5, 5.41) is 0. The molecule has 0 amide bonds. The molecule has 0 aromatic carbocycles. The summed E-state index contributed by atoms with van der Waals surface area (Å²) in [6.45, 7) is -1.43. The first-order valence-corrected chi connectivity index (χ1v) is 4.21. The molecule has 0 bridgehead atoms. The molecule has 0 aromatic rings. The van der Waals surface area contributed by atoms with Crippen LogP contribution in [-0.2, 0) is 0 Å². The monoisotopic (exact) mass is 310 g/mol. The SMILES string of the molecule is C=CC(F)(F)C(F)(F)C(F)(F)C(F)(F)C(F)(F)CF. The molecule has 0 fully saturated rings. The fourth-order valence-corrected chi connectivity index (χ4v) is 0.848. The predicted octanol–water partition coefficient (Wildman–Crippen LogP) is 4.32. The van der Waals surface area contributed by atoms with Crippen LogP contribution in [0.25, 0.3) is 0 Å². The molecule has 0 saturated heterocycles. The van der Waals surface area contributed by atoms with Gasteiger partial charge in [-0.05, 0) is 6.08 Å². The van der Waals surface area contributed by atoms with E-state index in [-0.39, 0.29) is 0 Å². The molecular weight excluding hydrogens is 305 g/mol. The Hall–Kier alpha value is -1.03. The van der Waals surface area contributed by atoms with Crippen LogP contribution in [0.15, 0.2) is 12.7 Å². The Morgan fingerprint density at radius 3 is 1.32 bits per heavy atom. The molecule has 0 radical (unpaired) electrons. The number of hydrogen-bond donors (Lipinski definition) is 0. The third kappa shape index (κ3) is 2.27. The van der Waals surface area contributed by atoms with Crippen LogP contribution in [-0.4, -0.2) is 36.3 Å². The molecule has 0 aliphatic carbocycles. The van der Waals surface area contributed by atoms with E-state index in [1.807, 2.05) is 6.58 Å². The second-order valence-corrected chi connectivity index (χ2v) is 3.39. The molecule has 0 spiro atoms. The van der Waals surface area contributed by atoms with E-state index in [9.17, 15) is 48.3 Å². The highest BCUT2D eigenvalue weighted by Crippen LogP contribution is 2.57. The Balaban J connectivity index is 5.93. The second kappa shape index (κ2) is 4.51. The average molecular weight is 310 g/mol. The van der Waals surface area contributed by atoms with E-state index in [0.717, 1.165) is 0 Å². The molecule has 0 aliphatic rings. The zero-order chi connectivity index (χ0) is 15.9. The highest BCUT2D eigenvalue weighted by Gasteiger charge is 2.85. The molecule has 0 atom stereocenters. The zero-order valence-electron chi connectivity index (χ0n) is 8.65. The van der Waals surface area contributed by atoms with E-state index in [1.54, 1.807) is 0 Å². The molecule has 0 nitrogen and oxygen atoms in total. The lowest BCUT2D eigenvalue weighted by Gasteiger charge is -2.37. The number of halogens is 11. The Morgan fingerprint density at radius 1 is 0.684 bits per heavy atom. The first-order chi connectivity index (χ1) is 8.12. The van der Waals surface area contributed by atoms with Gasteiger partial charge in [-0.1, -0.05) is 6.58 Å². The normalized spacial score (nSPS) is 15.5. The van der Waals surface area contributed by atoms with Gasteiger partial charge in [-0.25, -0.2) is 4.39 Å². The average Bonchev–Trinajstić information content (AvgIpc) is 2.27. The van der Waals surface area contributed by atoms with Crippen molar-refractivity contribution in [2.45, 2.75) is 29.6 Å². The molecule has 0 aromatic heterocycles. The van der Waals surface area contributed by atoms with Gasteiger partial charge in [-0.2, -0.15) is 43.9 Å². The largest absolute Gasteiger partial charge is 0.384 e. The Labute approximate surface area is 98.4 Å². The maximum Gasteiger partial charge on any atom is 0.384 e. The predicted molar refractivity (Wildman–Crippen MR) is 40.9 cm³/mol. The first kappa shape index (κ1) is 18.0. The molecule has 0 N–H and O–H groups in total. The quantitative estimate of drug-likeness (QED) is 0.506. The highest BCUT2D eigenvalue weighted by atomic mass is 19.4. The number of alkyl halides is 11. The minimum absolute atomic E-state index is 1.11. The lowest BCUT2D eigenvalue weighted by Crippen LogP contribution is -2.67. The highest BCUT2D eigenvalue weighted by molar-refractivity contribution is 5.12. The molecule has 114 valence electrons. The van der Waals surface area contributed by atoms with Crippen molar-refractivity contribution in [3.05, 3.63) is 12.7 Å². The van der Waals surface area contributed by atoms with Crippen molar-refractivity contribution in [3.8, 4) is 0 Å². The van der Waals surface area contributed by atoms with Crippen LogP contribution in [0.3, 0.4) is 0 Å². The van der Waals surface area contributed by atoms with Gasteiger partial charge in [0, 0.05) is 0 Å². The second-order valence-electron chi connectivity index (χ2n) is 3.39. The van der Waals surface area contributed by atoms with Crippen LogP contribution >= 0.6 is 0 Å². The van der Waals surface area contributed by atoms with Gasteiger partial charge in [0.05, 0.1) is 0 Å². The fourth-order valence-electron chi connectivity index (χ4n) is 0.848. The molecular formula is C8H5F11. The van der Waals surface area contributed by atoms with Crippen LogP contribution in [0.2, 0.25) is 0 Å². The topological polar surface area (TPSA) is 0 Å². The molecule has 0 unspecified atom stereocenters. The summed E-state index contributed by atoms with van der Waals surface area (Å²) in [5.41, 5.74) is 0. The summed E-state index contributed by atoms with van der Waals surface area (Å²) < 4.78 is 137. The lowest BCUT2D eigenvalue weighted by molar-refractivity contribution is -0.395. The molecule has 0 rings (SSSR count). The van der Waals surface area contributed by atoms with Crippen molar-refractivity contribution in [1.82, 2.24) is 0 Å². The summed E-state index contributed by atoms with van der Waals surface area (Å²) in [7, 11) is 0. The summed E-state index contributed by atoms with van der Waals surface area (Å²) in [4.78, 5) is 0. The van der Waals surface area contributed by atoms with Gasteiger partial charge in [0.15, 0.2) is 6.67 Å². The summed E-state index contributed by atoms with van der Waals surface area (Å²) in [5.74, 6) is -33.3. The zero-order valence-corrected chi connectivity index (χ0v) is 8.65. The van der Waals surface area contributed by atoms with Crippen molar-refractivity contribution in [1.29, 1.82) is 0 Å². The summed E-state index contributed by atoms with van der Waals surface area (Å²) in [6, 6.07) is 0. The van der Waals surface area contributed by atoms with Gasteiger partial charge in [0.2, 0.25) is 0 Å². The van der Waals surface area contributed by atoms with Crippen LogP contribution in [0.1, 0.15) is 0 Å². The van der Waals surface area contributed by atoms with Crippen molar-refractivity contribution in [2.75, 3.05) is 6.67 Å². The standard InChI is InChI=1S/C8H5F11/c1-2-4(10,11)6(14,15)8(18,19)7(16,17)5(12,13)3-9/h2H,1,3H2. The summed E-state index contributed by atoms with van der Waals surface area (Å²) >= 11 is 0. The van der Waals surface area contributed by atoms with E-state index >= 15 is 0 Å². The minimum Gasteiger partial charge on any atom is -0.244 e. The lowest BCUT2D eigenvalue weighted by atomic mass is 9.95. The molecule has 0 saturated carbocycles. The third-order valence-electron chi connectivity index (χ3n) is 2.09. The van der Waals surface area contributed by atoms with Crippen molar-refractivity contribution >= 4 is 0 Å². The molecule has 0 aliphatic heterocycles. The van der Waals surface area contributed by atoms with Crippen molar-refractivity contribution in [3.63, 3.8) is 0 Å². The van der Waals surface area contributed by atoms with E-state index in [2.05, 4.69) is 0 Å². The Kier molecular flexibility index (Phi) is 4.27. The smallest absolute Gasteiger partial charge is 0.244 e. The third-order valence-corrected chi connectivity index (χ3v) is 2.09. The maximum absolute atomic E-state index is 12.7. The van der Waals surface area contributed by atoms with E-state index in [0.29, 0.717) is 0 Å². The van der Waals surface area contributed by atoms with Crippen molar-refractivity contribution < 1.29 is 48.3 Å². The van der Waals surface area contributed by atoms with E-state index in [4.69, 9.17) is 0 Å². The number of rotatable bonds is 6. The molecule has 11 heteroatoms. The number of hydrogen-bond acceptors (Lipinski definition) is 0. The van der Waals surface area contributed by atoms with Gasteiger partial charge in [-0.3, -0.25) is 0 Å². The van der Waals surface area contributed by atoms with Gasteiger partial charge < -0.3 is 0 Å². The van der Waals surface area contributed by atoms with Crippen LogP contribution in [0, 0.1) is 0 Å². The van der Waals surface area contributed by atoms with Crippen molar-refractivity contribution in [2.24, 2.45) is 0 Å². The van der Waals surface area contributed by atoms with Gasteiger partial charge >= 0.3 is 29.6 Å². The van der Waals surface area contributed by atoms with Gasteiger partial charge in [0.25, 0.3) is 0 Å². The van der Waals surface area contributed by atoms with Crippen LogP contribution < -0.4 is 0 Å². The number of allylic oxidation sites excluding steroid dienone is 1. The minimum atomic E-state index is -7.22. The molecule has 0 heterocycles. The first-order valence-electron chi connectivity index (χ1n) is 4.21. The summed E-state index contributed by atoms with van der Waals surface area (Å²) in [6.07, 6.45) is -1.11. The van der Waals surface area contributed by atoms with Crippen LogP contribution in [0.4, 0.5) is 48.3 Å². The molecule has 19 heavy (non-hydrogen) atoms. The van der Waals surface area contributed by atoms with Crippen LogP contribution in [0.5, 0.6) is 0 Å².